The lowest BCUT2D eigenvalue weighted by Gasteiger charge is -2.34. The molecular formula is C24H37N7O. The van der Waals surface area contributed by atoms with E-state index in [1.807, 2.05) is 24.3 Å². The molecule has 1 fully saturated rings. The first-order valence-corrected chi connectivity index (χ1v) is 11.4. The maximum Gasteiger partial charge on any atom is 0.225 e. The Bertz CT molecular complexity index is 843. The van der Waals surface area contributed by atoms with Crippen LogP contribution in [0.2, 0.25) is 0 Å². The van der Waals surface area contributed by atoms with Crippen molar-refractivity contribution in [3.8, 4) is 5.75 Å². The maximum absolute atomic E-state index is 6.08. The molecule has 1 saturated heterocycles. The van der Waals surface area contributed by atoms with Crippen LogP contribution in [0.1, 0.15) is 32.8 Å². The zero-order valence-corrected chi connectivity index (χ0v) is 19.8. The Morgan fingerprint density at radius 1 is 1.03 bits per heavy atom. The summed E-state index contributed by atoms with van der Waals surface area (Å²) in [5.41, 5.74) is 0.890. The number of hydrogen-bond donors (Lipinski definition) is 2. The zero-order valence-electron chi connectivity index (χ0n) is 19.8. The van der Waals surface area contributed by atoms with Crippen LogP contribution in [0, 0.1) is 0 Å². The van der Waals surface area contributed by atoms with E-state index in [9.17, 15) is 0 Å². The normalized spacial score (nSPS) is 15.5. The summed E-state index contributed by atoms with van der Waals surface area (Å²) in [5, 5.41) is 6.82. The van der Waals surface area contributed by atoms with Crippen LogP contribution in [0.5, 0.6) is 5.75 Å². The van der Waals surface area contributed by atoms with Gasteiger partial charge in [-0.2, -0.15) is 0 Å². The summed E-state index contributed by atoms with van der Waals surface area (Å²) >= 11 is 0. The molecule has 0 radical (unpaired) electrons. The van der Waals surface area contributed by atoms with Crippen LogP contribution in [-0.2, 0) is 6.54 Å². The topological polar surface area (TPSA) is 77.9 Å². The number of ether oxygens (including phenoxy) is 1. The Kier molecular flexibility index (Phi) is 8.67. The number of para-hydroxylation sites is 1. The van der Waals surface area contributed by atoms with Crippen LogP contribution in [0.4, 0.5) is 5.95 Å². The van der Waals surface area contributed by atoms with Crippen molar-refractivity contribution in [3.63, 3.8) is 0 Å². The number of aliphatic imine (C=N–C) groups is 1. The van der Waals surface area contributed by atoms with Crippen LogP contribution < -0.4 is 20.3 Å². The highest BCUT2D eigenvalue weighted by Gasteiger charge is 2.18. The molecule has 0 amide bonds. The van der Waals surface area contributed by atoms with Gasteiger partial charge in [-0.05, 0) is 45.9 Å². The molecular weight excluding hydrogens is 402 g/mol. The molecule has 3 rings (SSSR count). The molecule has 1 aliphatic rings. The van der Waals surface area contributed by atoms with Gasteiger partial charge in [0.1, 0.15) is 11.4 Å². The van der Waals surface area contributed by atoms with E-state index in [1.165, 1.54) is 0 Å². The van der Waals surface area contributed by atoms with Crippen LogP contribution in [0.3, 0.4) is 0 Å². The van der Waals surface area contributed by atoms with Gasteiger partial charge in [0.25, 0.3) is 0 Å². The third-order valence-electron chi connectivity index (χ3n) is 5.21. The average molecular weight is 440 g/mol. The number of anilines is 1. The molecule has 0 atom stereocenters. The molecule has 2 aromatic rings. The molecule has 32 heavy (non-hydrogen) atoms. The van der Waals surface area contributed by atoms with E-state index in [1.54, 1.807) is 19.4 Å². The Balaban J connectivity index is 1.35. The highest BCUT2D eigenvalue weighted by atomic mass is 16.5. The van der Waals surface area contributed by atoms with E-state index in [0.29, 0.717) is 6.54 Å². The van der Waals surface area contributed by atoms with E-state index >= 15 is 0 Å². The van der Waals surface area contributed by atoms with Crippen molar-refractivity contribution in [1.29, 1.82) is 0 Å². The summed E-state index contributed by atoms with van der Waals surface area (Å²) in [4.78, 5) is 17.8. The van der Waals surface area contributed by atoms with Gasteiger partial charge >= 0.3 is 0 Å². The number of piperazine rings is 1. The fourth-order valence-electron chi connectivity index (χ4n) is 3.61. The highest BCUT2D eigenvalue weighted by Crippen LogP contribution is 2.22. The van der Waals surface area contributed by atoms with Crippen molar-refractivity contribution in [3.05, 3.63) is 48.3 Å². The number of nitrogens with one attached hydrogen (secondary N) is 2. The Labute approximate surface area is 192 Å². The zero-order chi connectivity index (χ0) is 22.8. The van der Waals surface area contributed by atoms with Crippen molar-refractivity contribution < 1.29 is 4.74 Å². The molecule has 8 nitrogen and oxygen atoms in total. The van der Waals surface area contributed by atoms with Crippen molar-refractivity contribution in [1.82, 2.24) is 25.5 Å². The Morgan fingerprint density at radius 2 is 1.75 bits per heavy atom. The van der Waals surface area contributed by atoms with Crippen LogP contribution in [0.25, 0.3) is 0 Å². The molecule has 2 N–H and O–H groups in total. The van der Waals surface area contributed by atoms with Crippen molar-refractivity contribution in [2.75, 3.05) is 51.2 Å². The Hall–Kier alpha value is -2.87. The number of rotatable bonds is 8. The minimum absolute atomic E-state index is 0.227. The summed E-state index contributed by atoms with van der Waals surface area (Å²) < 4.78 is 6.08. The van der Waals surface area contributed by atoms with Gasteiger partial charge in [0, 0.05) is 64.3 Å². The van der Waals surface area contributed by atoms with Gasteiger partial charge in [0.05, 0.1) is 0 Å². The number of guanidine groups is 1. The second-order valence-corrected chi connectivity index (χ2v) is 8.91. The van der Waals surface area contributed by atoms with Gasteiger partial charge in [-0.1, -0.05) is 18.2 Å². The summed E-state index contributed by atoms with van der Waals surface area (Å²) in [6, 6.07) is 9.99. The second kappa shape index (κ2) is 11.7. The molecule has 8 heteroatoms. The van der Waals surface area contributed by atoms with E-state index in [2.05, 4.69) is 62.2 Å². The number of hydrogen-bond acceptors (Lipinski definition) is 6. The lowest BCUT2D eigenvalue weighted by Crippen LogP contribution is -2.47. The van der Waals surface area contributed by atoms with Gasteiger partial charge in [-0.3, -0.25) is 9.89 Å². The summed E-state index contributed by atoms with van der Waals surface area (Å²) in [7, 11) is 1.80. The van der Waals surface area contributed by atoms with Crippen molar-refractivity contribution in [2.45, 2.75) is 39.3 Å². The minimum atomic E-state index is -0.227. The van der Waals surface area contributed by atoms with Gasteiger partial charge in [0.15, 0.2) is 5.96 Å². The van der Waals surface area contributed by atoms with Crippen molar-refractivity contribution >= 4 is 11.9 Å². The lowest BCUT2D eigenvalue weighted by atomic mass is 10.1. The van der Waals surface area contributed by atoms with Gasteiger partial charge in [0.2, 0.25) is 5.95 Å². The minimum Gasteiger partial charge on any atom is -0.488 e. The first-order valence-electron chi connectivity index (χ1n) is 11.4. The quantitative estimate of drug-likeness (QED) is 0.372. The molecule has 0 bridgehead atoms. The largest absolute Gasteiger partial charge is 0.488 e. The summed E-state index contributed by atoms with van der Waals surface area (Å²) in [5.74, 6) is 2.54. The second-order valence-electron chi connectivity index (χ2n) is 8.91. The Morgan fingerprint density at radius 3 is 2.44 bits per heavy atom. The summed E-state index contributed by atoms with van der Waals surface area (Å²) in [6.45, 7) is 12.8. The van der Waals surface area contributed by atoms with Crippen LogP contribution >= 0.6 is 0 Å². The highest BCUT2D eigenvalue weighted by molar-refractivity contribution is 5.79. The first-order chi connectivity index (χ1) is 15.4. The van der Waals surface area contributed by atoms with E-state index in [-0.39, 0.29) is 5.60 Å². The number of aromatic nitrogens is 2. The smallest absolute Gasteiger partial charge is 0.225 e. The SMILES string of the molecule is CN=C(NCCCN1CCN(c2ncccn2)CC1)NCc1ccccc1OC(C)(C)C. The molecule has 174 valence electrons. The van der Waals surface area contributed by atoms with E-state index in [4.69, 9.17) is 4.74 Å². The third-order valence-corrected chi connectivity index (χ3v) is 5.21. The standard InChI is InChI=1S/C24H37N7O/c1-24(2,3)32-21-10-6-5-9-20(21)19-29-22(25-4)26-13-8-14-30-15-17-31(18-16-30)23-27-11-7-12-28-23/h5-7,9-12H,8,13-19H2,1-4H3,(H2,25,26,29). The molecule has 0 spiro atoms. The fourth-order valence-corrected chi connectivity index (χ4v) is 3.61. The van der Waals surface area contributed by atoms with Gasteiger partial charge < -0.3 is 20.3 Å². The molecule has 0 unspecified atom stereocenters. The average Bonchev–Trinajstić information content (AvgIpc) is 2.79. The third kappa shape index (κ3) is 7.67. The predicted molar refractivity (Wildman–Crippen MR) is 130 cm³/mol. The van der Waals surface area contributed by atoms with E-state index < -0.39 is 0 Å². The molecule has 1 aromatic carbocycles. The van der Waals surface area contributed by atoms with E-state index in [0.717, 1.165) is 68.9 Å². The molecule has 1 aliphatic heterocycles. The number of benzene rings is 1. The number of nitrogens with zero attached hydrogens (tertiary/aromatic N) is 5. The monoisotopic (exact) mass is 439 g/mol. The van der Waals surface area contributed by atoms with Gasteiger partial charge in [-0.25, -0.2) is 9.97 Å². The first kappa shape index (κ1) is 23.8. The molecule has 1 aromatic heterocycles. The predicted octanol–water partition coefficient (Wildman–Crippen LogP) is 2.53. The lowest BCUT2D eigenvalue weighted by molar-refractivity contribution is 0.129. The maximum atomic E-state index is 6.08. The van der Waals surface area contributed by atoms with Crippen molar-refractivity contribution in [2.24, 2.45) is 4.99 Å². The van der Waals surface area contributed by atoms with Crippen LogP contribution in [0.15, 0.2) is 47.7 Å². The van der Waals surface area contributed by atoms with Crippen LogP contribution in [-0.4, -0.2) is 72.7 Å². The molecule has 0 saturated carbocycles. The fraction of sp³-hybridized carbons (Fsp3) is 0.542. The molecule has 2 heterocycles. The molecule has 0 aliphatic carbocycles. The van der Waals surface area contributed by atoms with Gasteiger partial charge in [-0.15, -0.1) is 0 Å². The summed E-state index contributed by atoms with van der Waals surface area (Å²) in [6.07, 6.45) is 4.67.